The zero-order chi connectivity index (χ0) is 17.6. The molecule has 1 aromatic carbocycles. The molecule has 0 saturated heterocycles. The van der Waals surface area contributed by atoms with Gasteiger partial charge in [-0.05, 0) is 55.3 Å². The van der Waals surface area contributed by atoms with Gasteiger partial charge in [0.15, 0.2) is 0 Å². The predicted octanol–water partition coefficient (Wildman–Crippen LogP) is 4.54. The second kappa shape index (κ2) is 8.28. The average Bonchev–Trinajstić information content (AvgIpc) is 2.97. The summed E-state index contributed by atoms with van der Waals surface area (Å²) in [6.45, 7) is 4.82. The van der Waals surface area contributed by atoms with E-state index in [2.05, 4.69) is 29.9 Å². The normalized spacial score (nSPS) is 14.4. The van der Waals surface area contributed by atoms with Gasteiger partial charge in [0.2, 0.25) is 0 Å². The van der Waals surface area contributed by atoms with E-state index in [1.807, 2.05) is 30.5 Å². The van der Waals surface area contributed by atoms with E-state index in [4.69, 9.17) is 4.74 Å². The molecule has 1 aliphatic heterocycles. The molecular weight excluding hydrogens is 330 g/mol. The van der Waals surface area contributed by atoms with Gasteiger partial charge in [0.25, 0.3) is 0 Å². The first-order valence-electron chi connectivity index (χ1n) is 8.71. The number of unbranched alkanes of at least 4 members (excludes halogenated alkanes) is 1. The fraction of sp³-hybridized carbons (Fsp3) is 0.400. The molecule has 0 atom stereocenters. The molecule has 2 aromatic rings. The molecule has 0 saturated carbocycles. The standard InChI is InChI=1S/C20H23N3OS/c1-3-4-11-24-16-7-5-15(6-8-16)13-22-20-18(12-21)17-9-10-23(2)14-19(17)25-20/h5-8,13H,3-4,9-11,14H2,1-2H3. The lowest BCUT2D eigenvalue weighted by molar-refractivity contribution is 0.309. The Morgan fingerprint density at radius 1 is 1.36 bits per heavy atom. The zero-order valence-electron chi connectivity index (χ0n) is 14.8. The predicted molar refractivity (Wildman–Crippen MR) is 103 cm³/mol. The van der Waals surface area contributed by atoms with Crippen molar-refractivity contribution in [3.8, 4) is 11.8 Å². The van der Waals surface area contributed by atoms with Gasteiger partial charge in [-0.15, -0.1) is 11.3 Å². The molecule has 0 N–H and O–H groups in total. The minimum absolute atomic E-state index is 0.754. The molecule has 0 spiro atoms. The number of fused-ring (bicyclic) bond motifs is 1. The van der Waals surface area contributed by atoms with Gasteiger partial charge in [0.1, 0.15) is 16.8 Å². The number of nitrogens with zero attached hydrogens (tertiary/aromatic N) is 3. The summed E-state index contributed by atoms with van der Waals surface area (Å²) in [7, 11) is 2.11. The molecular formula is C20H23N3OS. The van der Waals surface area contributed by atoms with Crippen LogP contribution in [0.5, 0.6) is 5.75 Å². The summed E-state index contributed by atoms with van der Waals surface area (Å²) in [6, 6.07) is 10.3. The van der Waals surface area contributed by atoms with E-state index >= 15 is 0 Å². The first-order valence-corrected chi connectivity index (χ1v) is 9.53. The number of aliphatic imine (C=N–C) groups is 1. The molecule has 4 nitrogen and oxygen atoms in total. The van der Waals surface area contributed by atoms with Crippen LogP contribution in [-0.2, 0) is 13.0 Å². The Balaban J connectivity index is 1.73. The van der Waals surface area contributed by atoms with Crippen molar-refractivity contribution in [1.29, 1.82) is 5.26 Å². The van der Waals surface area contributed by atoms with Crippen LogP contribution >= 0.6 is 11.3 Å². The van der Waals surface area contributed by atoms with Crippen LogP contribution in [-0.4, -0.2) is 31.3 Å². The Bertz CT molecular complexity index is 787. The van der Waals surface area contributed by atoms with Crippen molar-refractivity contribution in [3.05, 3.63) is 45.8 Å². The van der Waals surface area contributed by atoms with Gasteiger partial charge in [-0.2, -0.15) is 5.26 Å². The molecule has 1 aliphatic rings. The third-order valence-electron chi connectivity index (χ3n) is 4.32. The number of nitriles is 1. The highest BCUT2D eigenvalue weighted by Crippen LogP contribution is 2.38. The highest BCUT2D eigenvalue weighted by molar-refractivity contribution is 7.16. The fourth-order valence-corrected chi connectivity index (χ4v) is 4.06. The summed E-state index contributed by atoms with van der Waals surface area (Å²) in [6.07, 6.45) is 4.97. The van der Waals surface area contributed by atoms with Crippen molar-refractivity contribution >= 4 is 22.6 Å². The molecule has 0 radical (unpaired) electrons. The number of likely N-dealkylation sites (N-methyl/N-ethyl adjacent to an activating group) is 1. The van der Waals surface area contributed by atoms with E-state index < -0.39 is 0 Å². The summed E-state index contributed by atoms with van der Waals surface area (Å²) in [4.78, 5) is 8.15. The van der Waals surface area contributed by atoms with E-state index in [0.717, 1.165) is 60.8 Å². The SMILES string of the molecule is CCCCOc1ccc(C=Nc2sc3c(c2C#N)CCN(C)C3)cc1. The van der Waals surface area contributed by atoms with Gasteiger partial charge in [-0.25, -0.2) is 4.99 Å². The quantitative estimate of drug-likeness (QED) is 0.566. The number of thiophene rings is 1. The first-order chi connectivity index (χ1) is 12.2. The largest absolute Gasteiger partial charge is 0.494 e. The van der Waals surface area contributed by atoms with Crippen molar-refractivity contribution in [2.45, 2.75) is 32.7 Å². The Labute approximate surface area is 153 Å². The second-order valence-electron chi connectivity index (χ2n) is 6.31. The Kier molecular flexibility index (Phi) is 5.85. The van der Waals surface area contributed by atoms with Gasteiger partial charge < -0.3 is 9.64 Å². The molecule has 0 aliphatic carbocycles. The third-order valence-corrected chi connectivity index (χ3v) is 5.44. The van der Waals surface area contributed by atoms with Crippen LogP contribution in [0, 0.1) is 11.3 Å². The van der Waals surface area contributed by atoms with Crippen molar-refractivity contribution in [1.82, 2.24) is 4.90 Å². The van der Waals surface area contributed by atoms with Gasteiger partial charge in [0.05, 0.1) is 12.2 Å². The summed E-state index contributed by atoms with van der Waals surface area (Å²) in [5, 5.41) is 10.3. The molecule has 130 valence electrons. The molecule has 0 unspecified atom stereocenters. The van der Waals surface area contributed by atoms with Crippen LogP contribution in [0.25, 0.3) is 0 Å². The minimum atomic E-state index is 0.754. The summed E-state index contributed by atoms with van der Waals surface area (Å²) in [5.41, 5.74) is 2.96. The number of rotatable bonds is 6. The highest BCUT2D eigenvalue weighted by Gasteiger charge is 2.22. The van der Waals surface area contributed by atoms with E-state index in [-0.39, 0.29) is 0 Å². The van der Waals surface area contributed by atoms with Crippen molar-refractivity contribution in [2.24, 2.45) is 4.99 Å². The number of ether oxygens (including phenoxy) is 1. The van der Waals surface area contributed by atoms with Gasteiger partial charge in [-0.3, -0.25) is 0 Å². The van der Waals surface area contributed by atoms with Crippen LogP contribution in [0.1, 0.15) is 41.3 Å². The van der Waals surface area contributed by atoms with Crippen LogP contribution in [0.15, 0.2) is 29.3 Å². The first kappa shape index (κ1) is 17.7. The van der Waals surface area contributed by atoms with Gasteiger partial charge >= 0.3 is 0 Å². The van der Waals surface area contributed by atoms with Crippen LogP contribution < -0.4 is 4.74 Å². The van der Waals surface area contributed by atoms with Crippen molar-refractivity contribution < 1.29 is 4.74 Å². The number of hydrogen-bond acceptors (Lipinski definition) is 5. The lowest BCUT2D eigenvalue weighted by Crippen LogP contribution is -2.25. The maximum atomic E-state index is 9.52. The van der Waals surface area contributed by atoms with Crippen LogP contribution in [0.2, 0.25) is 0 Å². The third kappa shape index (κ3) is 4.28. The fourth-order valence-electron chi connectivity index (χ4n) is 2.84. The lowest BCUT2D eigenvalue weighted by Gasteiger charge is -2.21. The molecule has 0 amide bonds. The highest BCUT2D eigenvalue weighted by atomic mass is 32.1. The molecule has 3 rings (SSSR count). The van der Waals surface area contributed by atoms with E-state index in [1.165, 1.54) is 10.4 Å². The average molecular weight is 353 g/mol. The Morgan fingerprint density at radius 3 is 2.88 bits per heavy atom. The van der Waals surface area contributed by atoms with Gasteiger partial charge in [-0.1, -0.05) is 13.3 Å². The molecule has 25 heavy (non-hydrogen) atoms. The Hall–Kier alpha value is -2.16. The molecule has 0 bridgehead atoms. The van der Waals surface area contributed by atoms with Crippen LogP contribution in [0.4, 0.5) is 5.00 Å². The maximum Gasteiger partial charge on any atom is 0.134 e. The van der Waals surface area contributed by atoms with Crippen molar-refractivity contribution in [2.75, 3.05) is 20.2 Å². The Morgan fingerprint density at radius 2 is 2.16 bits per heavy atom. The lowest BCUT2D eigenvalue weighted by atomic mass is 10.0. The molecule has 0 fully saturated rings. The molecule has 1 aromatic heterocycles. The van der Waals surface area contributed by atoms with Gasteiger partial charge in [0, 0.05) is 24.2 Å². The summed E-state index contributed by atoms with van der Waals surface area (Å²) >= 11 is 1.64. The monoisotopic (exact) mass is 353 g/mol. The summed E-state index contributed by atoms with van der Waals surface area (Å²) in [5.74, 6) is 0.887. The number of hydrogen-bond donors (Lipinski definition) is 0. The number of benzene rings is 1. The summed E-state index contributed by atoms with van der Waals surface area (Å²) < 4.78 is 5.68. The second-order valence-corrected chi connectivity index (χ2v) is 7.40. The van der Waals surface area contributed by atoms with E-state index in [9.17, 15) is 5.26 Å². The van der Waals surface area contributed by atoms with Crippen molar-refractivity contribution in [3.63, 3.8) is 0 Å². The van der Waals surface area contributed by atoms with E-state index in [1.54, 1.807) is 11.3 Å². The smallest absolute Gasteiger partial charge is 0.134 e. The van der Waals surface area contributed by atoms with Crippen LogP contribution in [0.3, 0.4) is 0 Å². The minimum Gasteiger partial charge on any atom is -0.494 e. The maximum absolute atomic E-state index is 9.52. The topological polar surface area (TPSA) is 48.6 Å². The zero-order valence-corrected chi connectivity index (χ0v) is 15.6. The van der Waals surface area contributed by atoms with E-state index in [0.29, 0.717) is 0 Å². The molecule has 5 heteroatoms. The molecule has 2 heterocycles.